The maximum absolute atomic E-state index is 3.75. The average Bonchev–Trinajstić information content (AvgIpc) is 2.59. The second-order valence-electron chi connectivity index (χ2n) is 7.04. The van der Waals surface area contributed by atoms with Crippen LogP contribution in [0.2, 0.25) is 0 Å². The minimum absolute atomic E-state index is 0.775. The van der Waals surface area contributed by atoms with Gasteiger partial charge in [-0.2, -0.15) is 0 Å². The van der Waals surface area contributed by atoms with Crippen molar-refractivity contribution in [2.75, 3.05) is 19.6 Å². The number of hydrogen-bond acceptors (Lipinski definition) is 2. The van der Waals surface area contributed by atoms with Crippen LogP contribution in [0.5, 0.6) is 0 Å². The van der Waals surface area contributed by atoms with Crippen LogP contribution in [0, 0.1) is 11.8 Å². The Balaban J connectivity index is 1.92. The summed E-state index contributed by atoms with van der Waals surface area (Å²) in [5.74, 6) is 1.81. The molecule has 2 fully saturated rings. The molecule has 1 aliphatic carbocycles. The van der Waals surface area contributed by atoms with E-state index in [1.54, 1.807) is 0 Å². The molecule has 4 atom stereocenters. The quantitative estimate of drug-likeness (QED) is 0.835. The van der Waals surface area contributed by atoms with Crippen molar-refractivity contribution in [3.05, 3.63) is 0 Å². The van der Waals surface area contributed by atoms with Crippen molar-refractivity contribution in [2.45, 2.75) is 77.8 Å². The molecule has 1 saturated carbocycles. The van der Waals surface area contributed by atoms with Crippen molar-refractivity contribution in [3.8, 4) is 0 Å². The number of hydrogen-bond donors (Lipinski definition) is 1. The van der Waals surface area contributed by atoms with Gasteiger partial charge in [0.05, 0.1) is 0 Å². The Morgan fingerprint density at radius 2 is 1.89 bits per heavy atom. The van der Waals surface area contributed by atoms with Crippen LogP contribution in [-0.4, -0.2) is 36.6 Å². The van der Waals surface area contributed by atoms with Gasteiger partial charge in [-0.3, -0.25) is 0 Å². The number of likely N-dealkylation sites (tertiary alicyclic amines) is 1. The normalized spacial score (nSPS) is 38.1. The maximum Gasteiger partial charge on any atom is 0.0108 e. The molecular formula is C17H34N2. The fraction of sp³-hybridized carbons (Fsp3) is 1.00. The fourth-order valence-corrected chi connectivity index (χ4v) is 4.14. The van der Waals surface area contributed by atoms with Crippen LogP contribution in [-0.2, 0) is 0 Å². The molecular weight excluding hydrogens is 232 g/mol. The van der Waals surface area contributed by atoms with Gasteiger partial charge in [-0.25, -0.2) is 0 Å². The summed E-state index contributed by atoms with van der Waals surface area (Å²) in [6.07, 6.45) is 9.95. The van der Waals surface area contributed by atoms with Crippen molar-refractivity contribution in [1.29, 1.82) is 0 Å². The van der Waals surface area contributed by atoms with Gasteiger partial charge < -0.3 is 10.2 Å². The molecule has 0 aromatic carbocycles. The zero-order chi connectivity index (χ0) is 13.7. The summed E-state index contributed by atoms with van der Waals surface area (Å²) in [6.45, 7) is 10.9. The van der Waals surface area contributed by atoms with E-state index in [4.69, 9.17) is 0 Å². The molecule has 0 spiro atoms. The van der Waals surface area contributed by atoms with Crippen LogP contribution in [0.15, 0.2) is 0 Å². The van der Waals surface area contributed by atoms with E-state index >= 15 is 0 Å². The van der Waals surface area contributed by atoms with E-state index in [1.165, 1.54) is 58.0 Å². The van der Waals surface area contributed by atoms with Crippen molar-refractivity contribution in [2.24, 2.45) is 11.8 Å². The Hall–Kier alpha value is -0.0800. The monoisotopic (exact) mass is 266 g/mol. The van der Waals surface area contributed by atoms with Crippen molar-refractivity contribution in [3.63, 3.8) is 0 Å². The third-order valence-electron chi connectivity index (χ3n) is 5.37. The van der Waals surface area contributed by atoms with Gasteiger partial charge in [0.1, 0.15) is 0 Å². The molecule has 2 rings (SSSR count). The summed E-state index contributed by atoms with van der Waals surface area (Å²) < 4.78 is 0. The highest BCUT2D eigenvalue weighted by atomic mass is 15.2. The predicted octanol–water partition coefficient (Wildman–Crippen LogP) is 3.67. The van der Waals surface area contributed by atoms with Crippen LogP contribution in [0.1, 0.15) is 65.7 Å². The van der Waals surface area contributed by atoms with Crippen LogP contribution in [0.25, 0.3) is 0 Å². The third-order valence-corrected chi connectivity index (χ3v) is 5.37. The van der Waals surface area contributed by atoms with Gasteiger partial charge in [0.25, 0.3) is 0 Å². The predicted molar refractivity (Wildman–Crippen MR) is 83.5 cm³/mol. The van der Waals surface area contributed by atoms with E-state index < -0.39 is 0 Å². The average molecular weight is 266 g/mol. The van der Waals surface area contributed by atoms with Crippen LogP contribution in [0.4, 0.5) is 0 Å². The van der Waals surface area contributed by atoms with E-state index in [1.807, 2.05) is 0 Å². The fourth-order valence-electron chi connectivity index (χ4n) is 4.14. The van der Waals surface area contributed by atoms with Crippen LogP contribution in [0.3, 0.4) is 0 Å². The standard InChI is InChI=1S/C17H34N2/c1-4-18-17-10-9-14(2)12-16(17)13-19-11-7-5-6-8-15(19)3/h14-18H,4-13H2,1-3H3. The Morgan fingerprint density at radius 3 is 2.68 bits per heavy atom. The van der Waals surface area contributed by atoms with Crippen LogP contribution < -0.4 is 5.32 Å². The molecule has 1 heterocycles. The van der Waals surface area contributed by atoms with Crippen LogP contribution >= 0.6 is 0 Å². The Bertz CT molecular complexity index is 254. The molecule has 1 N–H and O–H groups in total. The lowest BCUT2D eigenvalue weighted by atomic mass is 9.78. The summed E-state index contributed by atoms with van der Waals surface area (Å²) in [4.78, 5) is 2.79. The molecule has 2 heteroatoms. The zero-order valence-corrected chi connectivity index (χ0v) is 13.3. The van der Waals surface area contributed by atoms with E-state index in [9.17, 15) is 0 Å². The molecule has 1 saturated heterocycles. The topological polar surface area (TPSA) is 15.3 Å². The Kier molecular flexibility index (Phi) is 6.15. The van der Waals surface area contributed by atoms with Crippen molar-refractivity contribution in [1.82, 2.24) is 10.2 Å². The van der Waals surface area contributed by atoms with Crippen molar-refractivity contribution < 1.29 is 0 Å². The molecule has 4 unspecified atom stereocenters. The maximum atomic E-state index is 3.75. The molecule has 2 nitrogen and oxygen atoms in total. The number of rotatable bonds is 4. The molecule has 0 amide bonds. The SMILES string of the molecule is CCNC1CCC(C)CC1CN1CCCCCC1C. The minimum atomic E-state index is 0.775. The summed E-state index contributed by atoms with van der Waals surface area (Å²) >= 11 is 0. The molecule has 0 bridgehead atoms. The lowest BCUT2D eigenvalue weighted by Gasteiger charge is -2.40. The molecule has 19 heavy (non-hydrogen) atoms. The van der Waals surface area contributed by atoms with E-state index in [2.05, 4.69) is 31.0 Å². The van der Waals surface area contributed by atoms with E-state index in [0.717, 1.165) is 30.5 Å². The first-order valence-electron chi connectivity index (χ1n) is 8.68. The molecule has 2 aliphatic rings. The summed E-state index contributed by atoms with van der Waals surface area (Å²) in [5.41, 5.74) is 0. The highest BCUT2D eigenvalue weighted by Crippen LogP contribution is 2.31. The van der Waals surface area contributed by atoms with Crippen molar-refractivity contribution >= 4 is 0 Å². The first kappa shape index (κ1) is 15.3. The van der Waals surface area contributed by atoms with Gasteiger partial charge in [0.2, 0.25) is 0 Å². The minimum Gasteiger partial charge on any atom is -0.314 e. The molecule has 112 valence electrons. The molecule has 0 radical (unpaired) electrons. The Labute approximate surface area is 120 Å². The largest absolute Gasteiger partial charge is 0.314 e. The smallest absolute Gasteiger partial charge is 0.0108 e. The zero-order valence-electron chi connectivity index (χ0n) is 13.3. The highest BCUT2D eigenvalue weighted by Gasteiger charge is 2.30. The molecule has 0 aromatic rings. The van der Waals surface area contributed by atoms with Gasteiger partial charge in [-0.05, 0) is 64.0 Å². The lowest BCUT2D eigenvalue weighted by molar-refractivity contribution is 0.121. The second-order valence-corrected chi connectivity index (χ2v) is 7.04. The molecule has 1 aliphatic heterocycles. The summed E-state index contributed by atoms with van der Waals surface area (Å²) in [6, 6.07) is 1.58. The van der Waals surface area contributed by atoms with Gasteiger partial charge in [-0.1, -0.05) is 26.7 Å². The van der Waals surface area contributed by atoms with Gasteiger partial charge in [0, 0.05) is 18.6 Å². The van der Waals surface area contributed by atoms with E-state index in [0.29, 0.717) is 0 Å². The number of nitrogens with zero attached hydrogens (tertiary/aromatic N) is 1. The first-order chi connectivity index (χ1) is 9.20. The number of nitrogens with one attached hydrogen (secondary N) is 1. The Morgan fingerprint density at radius 1 is 1.05 bits per heavy atom. The highest BCUT2D eigenvalue weighted by molar-refractivity contribution is 4.86. The lowest BCUT2D eigenvalue weighted by Crippen LogP contribution is -2.47. The van der Waals surface area contributed by atoms with Gasteiger partial charge >= 0.3 is 0 Å². The second kappa shape index (κ2) is 7.64. The van der Waals surface area contributed by atoms with E-state index in [-0.39, 0.29) is 0 Å². The molecule has 0 aromatic heterocycles. The third kappa shape index (κ3) is 4.46. The summed E-state index contributed by atoms with van der Waals surface area (Å²) in [7, 11) is 0. The first-order valence-corrected chi connectivity index (χ1v) is 8.68. The van der Waals surface area contributed by atoms with Gasteiger partial charge in [0.15, 0.2) is 0 Å². The van der Waals surface area contributed by atoms with Gasteiger partial charge in [-0.15, -0.1) is 0 Å². The summed E-state index contributed by atoms with van der Waals surface area (Å²) in [5, 5.41) is 3.75.